The predicted molar refractivity (Wildman–Crippen MR) is 71.1 cm³/mol. The van der Waals surface area contributed by atoms with Gasteiger partial charge in [-0.1, -0.05) is 19.9 Å². The molecule has 2 N–H and O–H groups in total. The molecule has 17 heavy (non-hydrogen) atoms. The molecule has 0 aliphatic carbocycles. The van der Waals surface area contributed by atoms with E-state index in [0.29, 0.717) is 5.92 Å². The number of aromatic nitrogens is 1. The molecular weight excluding hydrogens is 214 g/mol. The van der Waals surface area contributed by atoms with Crippen molar-refractivity contribution in [2.24, 2.45) is 5.92 Å². The third-order valence-electron chi connectivity index (χ3n) is 2.49. The molecule has 0 radical (unpaired) electrons. The Hall–Kier alpha value is -1.13. The predicted octanol–water partition coefficient (Wildman–Crippen LogP) is 1.05. The average Bonchev–Trinajstić information content (AvgIpc) is 2.24. The zero-order valence-corrected chi connectivity index (χ0v) is 11.0. The van der Waals surface area contributed by atoms with Crippen molar-refractivity contribution in [3.8, 4) is 0 Å². The first-order chi connectivity index (χ1) is 8.08. The SMILES string of the molecule is CC(C)CNCCN(C)Cc1cccc(=O)[nH]1. The highest BCUT2D eigenvalue weighted by Crippen LogP contribution is 1.95. The number of likely N-dealkylation sites (N-methyl/N-ethyl adjacent to an activating group) is 1. The Morgan fingerprint density at radius 2 is 2.18 bits per heavy atom. The molecule has 0 fully saturated rings. The minimum atomic E-state index is -0.0335. The molecular formula is C13H23N3O. The van der Waals surface area contributed by atoms with Crippen LogP contribution >= 0.6 is 0 Å². The van der Waals surface area contributed by atoms with Crippen molar-refractivity contribution in [2.45, 2.75) is 20.4 Å². The lowest BCUT2D eigenvalue weighted by Gasteiger charge is -2.17. The third-order valence-corrected chi connectivity index (χ3v) is 2.49. The minimum Gasteiger partial charge on any atom is -0.325 e. The summed E-state index contributed by atoms with van der Waals surface area (Å²) in [6.07, 6.45) is 0. The van der Waals surface area contributed by atoms with Crippen LogP contribution in [-0.2, 0) is 6.54 Å². The van der Waals surface area contributed by atoms with E-state index in [4.69, 9.17) is 0 Å². The highest BCUT2D eigenvalue weighted by atomic mass is 16.1. The zero-order chi connectivity index (χ0) is 12.7. The summed E-state index contributed by atoms with van der Waals surface area (Å²) in [5, 5.41) is 3.40. The molecule has 1 heterocycles. The van der Waals surface area contributed by atoms with Crippen LogP contribution in [-0.4, -0.2) is 36.6 Å². The van der Waals surface area contributed by atoms with Crippen molar-refractivity contribution in [1.29, 1.82) is 0 Å². The van der Waals surface area contributed by atoms with Crippen LogP contribution < -0.4 is 10.9 Å². The van der Waals surface area contributed by atoms with Crippen molar-refractivity contribution < 1.29 is 0 Å². The number of nitrogens with zero attached hydrogens (tertiary/aromatic N) is 1. The van der Waals surface area contributed by atoms with Gasteiger partial charge in [0.15, 0.2) is 0 Å². The van der Waals surface area contributed by atoms with Gasteiger partial charge in [0, 0.05) is 31.4 Å². The maximum atomic E-state index is 11.1. The van der Waals surface area contributed by atoms with Gasteiger partial charge >= 0.3 is 0 Å². The van der Waals surface area contributed by atoms with Gasteiger partial charge in [-0.2, -0.15) is 0 Å². The van der Waals surface area contributed by atoms with Crippen molar-refractivity contribution in [3.63, 3.8) is 0 Å². The second-order valence-corrected chi connectivity index (χ2v) is 4.88. The second kappa shape index (κ2) is 7.25. The number of pyridine rings is 1. The van der Waals surface area contributed by atoms with Crippen LogP contribution in [0.15, 0.2) is 23.0 Å². The Morgan fingerprint density at radius 3 is 2.82 bits per heavy atom. The molecule has 96 valence electrons. The summed E-state index contributed by atoms with van der Waals surface area (Å²) in [6, 6.07) is 5.27. The van der Waals surface area contributed by atoms with E-state index < -0.39 is 0 Å². The maximum Gasteiger partial charge on any atom is 0.248 e. The van der Waals surface area contributed by atoms with E-state index in [9.17, 15) is 4.79 Å². The van der Waals surface area contributed by atoms with Crippen LogP contribution in [0.25, 0.3) is 0 Å². The molecule has 0 atom stereocenters. The Kier molecular flexibility index (Phi) is 5.94. The van der Waals surface area contributed by atoms with Crippen LogP contribution in [0, 0.1) is 5.92 Å². The molecule has 1 aromatic heterocycles. The lowest BCUT2D eigenvalue weighted by molar-refractivity contribution is 0.318. The van der Waals surface area contributed by atoms with Crippen LogP contribution in [0.1, 0.15) is 19.5 Å². The van der Waals surface area contributed by atoms with Crippen LogP contribution in [0.4, 0.5) is 0 Å². The number of hydrogen-bond acceptors (Lipinski definition) is 3. The number of aromatic amines is 1. The molecule has 0 aliphatic rings. The Bertz CT molecular complexity index is 373. The number of hydrogen-bond donors (Lipinski definition) is 2. The Labute approximate surface area is 103 Å². The summed E-state index contributed by atoms with van der Waals surface area (Å²) in [4.78, 5) is 16.1. The molecule has 0 amide bonds. The third kappa shape index (κ3) is 6.24. The summed E-state index contributed by atoms with van der Waals surface area (Å²) in [5.41, 5.74) is 0.928. The van der Waals surface area contributed by atoms with Crippen molar-refractivity contribution in [3.05, 3.63) is 34.2 Å². The normalized spacial score (nSPS) is 11.4. The fraction of sp³-hybridized carbons (Fsp3) is 0.615. The van der Waals surface area contributed by atoms with Gasteiger partial charge in [-0.05, 0) is 25.6 Å². The number of rotatable bonds is 7. The lowest BCUT2D eigenvalue weighted by Crippen LogP contribution is -2.31. The largest absolute Gasteiger partial charge is 0.325 e. The van der Waals surface area contributed by atoms with Crippen LogP contribution in [0.2, 0.25) is 0 Å². The smallest absolute Gasteiger partial charge is 0.248 e. The monoisotopic (exact) mass is 237 g/mol. The Morgan fingerprint density at radius 1 is 1.41 bits per heavy atom. The molecule has 1 rings (SSSR count). The first-order valence-electron chi connectivity index (χ1n) is 6.15. The maximum absolute atomic E-state index is 11.1. The zero-order valence-electron chi connectivity index (χ0n) is 11.0. The van der Waals surface area contributed by atoms with Gasteiger partial charge in [-0.25, -0.2) is 0 Å². The molecule has 0 saturated heterocycles. The number of H-pyrrole nitrogens is 1. The molecule has 0 unspecified atom stereocenters. The second-order valence-electron chi connectivity index (χ2n) is 4.88. The summed E-state index contributed by atoms with van der Waals surface area (Å²) in [7, 11) is 2.06. The molecule has 0 spiro atoms. The topological polar surface area (TPSA) is 48.1 Å². The molecule has 4 nitrogen and oxygen atoms in total. The fourth-order valence-electron chi connectivity index (χ4n) is 1.62. The van der Waals surface area contributed by atoms with Crippen molar-refractivity contribution in [1.82, 2.24) is 15.2 Å². The highest BCUT2D eigenvalue weighted by Gasteiger charge is 2.00. The molecule has 0 saturated carbocycles. The first-order valence-corrected chi connectivity index (χ1v) is 6.15. The molecule has 0 aromatic carbocycles. The fourth-order valence-corrected chi connectivity index (χ4v) is 1.62. The molecule has 0 aliphatic heterocycles. The van der Waals surface area contributed by atoms with Gasteiger partial charge in [-0.15, -0.1) is 0 Å². The lowest BCUT2D eigenvalue weighted by atomic mass is 10.2. The van der Waals surface area contributed by atoms with E-state index in [-0.39, 0.29) is 5.56 Å². The van der Waals surface area contributed by atoms with E-state index in [1.807, 2.05) is 6.07 Å². The van der Waals surface area contributed by atoms with Gasteiger partial charge in [0.1, 0.15) is 0 Å². The van der Waals surface area contributed by atoms with Crippen LogP contribution in [0.3, 0.4) is 0 Å². The molecule has 4 heteroatoms. The summed E-state index contributed by atoms with van der Waals surface area (Å²) < 4.78 is 0. The van der Waals surface area contributed by atoms with Crippen LogP contribution in [0.5, 0.6) is 0 Å². The van der Waals surface area contributed by atoms with Gasteiger partial charge < -0.3 is 10.3 Å². The quantitative estimate of drug-likeness (QED) is 0.697. The highest BCUT2D eigenvalue weighted by molar-refractivity contribution is 5.03. The van der Waals surface area contributed by atoms with E-state index in [1.54, 1.807) is 6.07 Å². The van der Waals surface area contributed by atoms with Crippen molar-refractivity contribution >= 4 is 0 Å². The standard InChI is InChI=1S/C13H23N3O/c1-11(2)9-14-7-8-16(3)10-12-5-4-6-13(17)15-12/h4-6,11,14H,7-10H2,1-3H3,(H,15,17). The van der Waals surface area contributed by atoms with E-state index in [2.05, 4.69) is 36.1 Å². The summed E-state index contributed by atoms with van der Waals surface area (Å²) in [5.74, 6) is 0.686. The molecule has 1 aromatic rings. The average molecular weight is 237 g/mol. The molecule has 0 bridgehead atoms. The van der Waals surface area contributed by atoms with E-state index >= 15 is 0 Å². The van der Waals surface area contributed by atoms with Gasteiger partial charge in [0.2, 0.25) is 5.56 Å². The summed E-state index contributed by atoms with van der Waals surface area (Å²) >= 11 is 0. The van der Waals surface area contributed by atoms with E-state index in [1.165, 1.54) is 6.07 Å². The number of nitrogens with one attached hydrogen (secondary N) is 2. The van der Waals surface area contributed by atoms with Gasteiger partial charge in [0.05, 0.1) is 0 Å². The summed E-state index contributed by atoms with van der Waals surface area (Å²) in [6.45, 7) is 8.18. The van der Waals surface area contributed by atoms with Gasteiger partial charge in [0.25, 0.3) is 0 Å². The minimum absolute atomic E-state index is 0.0335. The Balaban J connectivity index is 2.25. The van der Waals surface area contributed by atoms with E-state index in [0.717, 1.165) is 31.9 Å². The van der Waals surface area contributed by atoms with Crippen molar-refractivity contribution in [2.75, 3.05) is 26.7 Å². The van der Waals surface area contributed by atoms with Gasteiger partial charge in [-0.3, -0.25) is 9.69 Å². The first kappa shape index (κ1) is 13.9.